The standard InChI is InChI=1S/C38H44O8/c1-18(2)9-10-23-31-27(24-17-36(8,44-31)13-12-22(24)19(3)4)30(40)28-29(39)25-15-21-16-26-35(6,7)46-37(33(21)41,14-11-20(5)34(42)43)38(25,26)45-32(23)28/h9,11,15,21-22,24,26,40H,3,10,12-14,16-17H2,1-2,4-8H3,(H,42,43)/t21-,22?,24?,26-,36-,37+,38-/m1/s1. The van der Waals surface area contributed by atoms with E-state index in [0.717, 1.165) is 24.0 Å². The number of Topliss-reactive ketones (excluding diaryl/α,β-unsaturated/α-hetero) is 2. The predicted molar refractivity (Wildman–Crippen MR) is 171 cm³/mol. The first-order chi connectivity index (χ1) is 21.5. The fourth-order valence-electron chi connectivity index (χ4n) is 9.66. The second kappa shape index (κ2) is 9.69. The molecule has 1 saturated heterocycles. The lowest BCUT2D eigenvalue weighted by Gasteiger charge is -2.56. The molecule has 8 nitrogen and oxygen atoms in total. The Kier molecular flexibility index (Phi) is 6.53. The van der Waals surface area contributed by atoms with Crippen LogP contribution in [0.15, 0.2) is 47.1 Å². The van der Waals surface area contributed by atoms with Gasteiger partial charge < -0.3 is 24.4 Å². The summed E-state index contributed by atoms with van der Waals surface area (Å²) in [4.78, 5) is 41.1. The third-order valence-electron chi connectivity index (χ3n) is 11.8. The van der Waals surface area contributed by atoms with E-state index in [1.165, 1.54) is 13.0 Å². The maximum atomic E-state index is 15.0. The lowest BCUT2D eigenvalue weighted by Crippen LogP contribution is -2.72. The van der Waals surface area contributed by atoms with Crippen molar-refractivity contribution in [2.24, 2.45) is 17.8 Å². The maximum Gasteiger partial charge on any atom is 0.330 e. The number of ether oxygens (including phenoxy) is 3. The van der Waals surface area contributed by atoms with Gasteiger partial charge in [0.2, 0.25) is 0 Å². The third kappa shape index (κ3) is 3.85. The van der Waals surface area contributed by atoms with Crippen LogP contribution in [0.5, 0.6) is 17.2 Å². The highest BCUT2D eigenvalue weighted by Crippen LogP contribution is 2.69. The number of benzene rings is 1. The summed E-state index contributed by atoms with van der Waals surface area (Å²) < 4.78 is 20.8. The number of hydrogen-bond acceptors (Lipinski definition) is 7. The predicted octanol–water partition coefficient (Wildman–Crippen LogP) is 6.94. The fraction of sp³-hybridized carbons (Fsp3) is 0.553. The molecule has 1 aromatic rings. The van der Waals surface area contributed by atoms with Gasteiger partial charge in [-0.2, -0.15) is 0 Å². The lowest BCUT2D eigenvalue weighted by atomic mass is 9.51. The Hall–Kier alpha value is -3.65. The molecule has 1 aromatic carbocycles. The molecule has 8 heteroatoms. The molecule has 0 amide bonds. The van der Waals surface area contributed by atoms with Crippen molar-refractivity contribution >= 4 is 17.5 Å². The molecule has 3 fully saturated rings. The number of carbonyl (C=O) groups excluding carboxylic acids is 2. The second-order valence-electron chi connectivity index (χ2n) is 15.5. The van der Waals surface area contributed by atoms with E-state index in [1.54, 1.807) is 6.08 Å². The number of hydrogen-bond donors (Lipinski definition) is 2. The molecule has 2 saturated carbocycles. The van der Waals surface area contributed by atoms with Gasteiger partial charge >= 0.3 is 5.97 Å². The Morgan fingerprint density at radius 3 is 2.46 bits per heavy atom. The molecule has 7 aliphatic rings. The minimum absolute atomic E-state index is 0.0580. The van der Waals surface area contributed by atoms with Crippen LogP contribution >= 0.6 is 0 Å². The number of ketones is 2. The first-order valence-electron chi connectivity index (χ1n) is 16.5. The summed E-state index contributed by atoms with van der Waals surface area (Å²) in [6.45, 7) is 17.7. The van der Waals surface area contributed by atoms with Crippen molar-refractivity contribution in [3.8, 4) is 17.2 Å². The summed E-state index contributed by atoms with van der Waals surface area (Å²) in [6, 6.07) is 0. The molecule has 3 heterocycles. The Morgan fingerprint density at radius 1 is 1.09 bits per heavy atom. The van der Waals surface area contributed by atoms with Crippen LogP contribution in [0.25, 0.3) is 0 Å². The molecule has 0 radical (unpaired) electrons. The topological polar surface area (TPSA) is 119 Å². The number of allylic oxidation sites excluding steroid dienone is 4. The van der Waals surface area contributed by atoms with Crippen LogP contribution in [0, 0.1) is 17.8 Å². The van der Waals surface area contributed by atoms with Crippen molar-refractivity contribution < 1.29 is 38.8 Å². The Labute approximate surface area is 270 Å². The molecule has 7 atom stereocenters. The molecule has 6 bridgehead atoms. The molecule has 46 heavy (non-hydrogen) atoms. The summed E-state index contributed by atoms with van der Waals surface area (Å²) in [6.07, 6.45) is 8.47. The van der Waals surface area contributed by atoms with Crippen molar-refractivity contribution in [3.63, 3.8) is 0 Å². The number of carboxylic acid groups (broad SMARTS) is 1. The highest BCUT2D eigenvalue weighted by Gasteiger charge is 2.81. The largest absolute Gasteiger partial charge is 0.507 e. The SMILES string of the molecule is C=C(C)C1CC[C@]2(C)CC1c1c(O)c3c(c(CC=C(C)C)c1O2)O[C@]12C(=C[C@@H]4C[C@@H]1C(C)(C)O[C@@]2(CC=C(C)C(=O)O)C4=O)C3=O. The van der Waals surface area contributed by atoms with Gasteiger partial charge in [-0.05, 0) is 86.5 Å². The van der Waals surface area contributed by atoms with E-state index < -0.39 is 34.3 Å². The van der Waals surface area contributed by atoms with Gasteiger partial charge in [0.15, 0.2) is 22.8 Å². The average Bonchev–Trinajstić information content (AvgIpc) is 3.11. The zero-order chi connectivity index (χ0) is 33.3. The molecular formula is C38H44O8. The van der Waals surface area contributed by atoms with Gasteiger partial charge in [0.05, 0.1) is 5.60 Å². The van der Waals surface area contributed by atoms with Gasteiger partial charge in [-0.25, -0.2) is 4.79 Å². The zero-order valence-corrected chi connectivity index (χ0v) is 27.8. The highest BCUT2D eigenvalue weighted by molar-refractivity contribution is 6.18. The number of aromatic hydroxyl groups is 1. The van der Waals surface area contributed by atoms with Gasteiger partial charge in [-0.1, -0.05) is 36.0 Å². The van der Waals surface area contributed by atoms with Crippen LogP contribution < -0.4 is 9.47 Å². The second-order valence-corrected chi connectivity index (χ2v) is 15.5. The summed E-state index contributed by atoms with van der Waals surface area (Å²) in [5.74, 6) is -1.93. The average molecular weight is 629 g/mol. The van der Waals surface area contributed by atoms with Crippen LogP contribution in [0.2, 0.25) is 0 Å². The first-order valence-corrected chi connectivity index (χ1v) is 16.5. The minimum Gasteiger partial charge on any atom is -0.507 e. The van der Waals surface area contributed by atoms with Crippen LogP contribution in [0.1, 0.15) is 108 Å². The van der Waals surface area contributed by atoms with Crippen LogP contribution in [-0.4, -0.2) is 50.2 Å². The van der Waals surface area contributed by atoms with E-state index >= 15 is 0 Å². The summed E-state index contributed by atoms with van der Waals surface area (Å²) in [5, 5.41) is 21.8. The maximum absolute atomic E-state index is 15.0. The van der Waals surface area contributed by atoms with Crippen LogP contribution in [0.3, 0.4) is 0 Å². The number of carboxylic acids is 1. The Morgan fingerprint density at radius 2 is 1.80 bits per heavy atom. The number of rotatable bonds is 6. The molecule has 2 N–H and O–H groups in total. The minimum atomic E-state index is -1.62. The lowest BCUT2D eigenvalue weighted by molar-refractivity contribution is -0.171. The van der Waals surface area contributed by atoms with E-state index in [1.807, 2.05) is 34.6 Å². The first kappa shape index (κ1) is 31.0. The monoisotopic (exact) mass is 628 g/mol. The van der Waals surface area contributed by atoms with Gasteiger partial charge in [-0.15, -0.1) is 0 Å². The van der Waals surface area contributed by atoms with Gasteiger partial charge in [0.25, 0.3) is 0 Å². The Balaban J connectivity index is 1.52. The summed E-state index contributed by atoms with van der Waals surface area (Å²) in [5.41, 5.74) is -0.519. The van der Waals surface area contributed by atoms with Crippen molar-refractivity contribution in [2.45, 2.75) is 115 Å². The molecule has 244 valence electrons. The Bertz CT molecular complexity index is 1740. The number of phenolic OH excluding ortho intramolecular Hbond substituents is 1. The van der Waals surface area contributed by atoms with E-state index in [9.17, 15) is 24.6 Å². The van der Waals surface area contributed by atoms with Crippen LogP contribution in [-0.2, 0) is 20.7 Å². The number of fused-ring (bicyclic) bond motifs is 5. The zero-order valence-electron chi connectivity index (χ0n) is 27.8. The third-order valence-corrected chi connectivity index (χ3v) is 11.8. The van der Waals surface area contributed by atoms with Crippen molar-refractivity contribution in [1.29, 1.82) is 0 Å². The van der Waals surface area contributed by atoms with Crippen molar-refractivity contribution in [1.82, 2.24) is 0 Å². The number of carbonyl (C=O) groups is 3. The van der Waals surface area contributed by atoms with Gasteiger partial charge in [0, 0.05) is 46.4 Å². The molecular weight excluding hydrogens is 584 g/mol. The van der Waals surface area contributed by atoms with Gasteiger partial charge in [0.1, 0.15) is 28.4 Å². The molecule has 8 rings (SSSR count). The molecule has 0 aromatic heterocycles. The summed E-state index contributed by atoms with van der Waals surface area (Å²) >= 11 is 0. The van der Waals surface area contributed by atoms with Crippen LogP contribution in [0.4, 0.5) is 0 Å². The number of phenols is 1. The molecule has 1 spiro atoms. The van der Waals surface area contributed by atoms with Crippen molar-refractivity contribution in [3.05, 3.63) is 63.8 Å². The van der Waals surface area contributed by atoms with E-state index in [0.29, 0.717) is 41.7 Å². The summed E-state index contributed by atoms with van der Waals surface area (Å²) in [7, 11) is 0. The fourth-order valence-corrected chi connectivity index (χ4v) is 9.66. The molecule has 3 aliphatic heterocycles. The highest BCUT2D eigenvalue weighted by atomic mass is 16.6. The number of aliphatic carboxylic acids is 1. The van der Waals surface area contributed by atoms with E-state index in [2.05, 4.69) is 19.6 Å². The van der Waals surface area contributed by atoms with E-state index in [-0.39, 0.29) is 58.4 Å². The molecule has 2 unspecified atom stereocenters. The normalized spacial score (nSPS) is 36.1. The molecule has 4 aliphatic carbocycles. The van der Waals surface area contributed by atoms with Crippen molar-refractivity contribution in [2.75, 3.05) is 0 Å². The smallest absolute Gasteiger partial charge is 0.330 e. The van der Waals surface area contributed by atoms with Gasteiger partial charge in [-0.3, -0.25) is 9.59 Å². The quantitative estimate of drug-likeness (QED) is 0.257. The van der Waals surface area contributed by atoms with E-state index in [4.69, 9.17) is 14.2 Å².